The Hall–Kier alpha value is -1.50. The van der Waals surface area contributed by atoms with Gasteiger partial charge in [-0.15, -0.1) is 0 Å². The van der Waals surface area contributed by atoms with Crippen LogP contribution in [0.5, 0.6) is 0 Å². The molecule has 0 aliphatic heterocycles. The number of nitrogens with one attached hydrogen (secondary N) is 1. The molecule has 96 valence electrons. The van der Waals surface area contributed by atoms with Crippen LogP contribution in [0.1, 0.15) is 12.5 Å². The number of aromatic nitrogens is 1. The predicted molar refractivity (Wildman–Crippen MR) is 72.6 cm³/mol. The zero-order valence-electron chi connectivity index (χ0n) is 10.3. The molecule has 3 N–H and O–H groups in total. The zero-order valence-corrected chi connectivity index (χ0v) is 11.1. The standard InChI is InChI=1S/C12H15N3O2S/c1-7(13)11(16)15-12-14-10-8(6-17-2)4-3-5-9(10)18-12/h3-5,7H,6,13H2,1-2H3,(H,14,15,16)/t7-/m1/s1. The van der Waals surface area contributed by atoms with Crippen LogP contribution in [-0.4, -0.2) is 24.0 Å². The van der Waals surface area contributed by atoms with Crippen molar-refractivity contribution in [2.75, 3.05) is 12.4 Å². The summed E-state index contributed by atoms with van der Waals surface area (Å²) in [5.74, 6) is -0.234. The summed E-state index contributed by atoms with van der Waals surface area (Å²) >= 11 is 1.43. The highest BCUT2D eigenvalue weighted by Crippen LogP contribution is 2.28. The number of benzene rings is 1. The molecule has 0 spiro atoms. The summed E-state index contributed by atoms with van der Waals surface area (Å²) in [6, 6.07) is 5.33. The van der Waals surface area contributed by atoms with Gasteiger partial charge in [-0.05, 0) is 13.0 Å². The van der Waals surface area contributed by atoms with Crippen molar-refractivity contribution in [1.82, 2.24) is 4.98 Å². The average Bonchev–Trinajstić information content (AvgIpc) is 2.72. The van der Waals surface area contributed by atoms with Gasteiger partial charge in [-0.1, -0.05) is 23.5 Å². The number of carbonyl (C=O) groups is 1. The molecular formula is C12H15N3O2S. The predicted octanol–water partition coefficient (Wildman–Crippen LogP) is 1.73. The molecule has 0 bridgehead atoms. The lowest BCUT2D eigenvalue weighted by Crippen LogP contribution is -2.32. The number of anilines is 1. The number of carbonyl (C=O) groups excluding carboxylic acids is 1. The number of methoxy groups -OCH3 is 1. The Morgan fingerprint density at radius 3 is 3.06 bits per heavy atom. The molecule has 2 rings (SSSR count). The van der Waals surface area contributed by atoms with Gasteiger partial charge in [0.05, 0.1) is 22.9 Å². The summed E-state index contributed by atoms with van der Waals surface area (Å²) in [4.78, 5) is 15.9. The van der Waals surface area contributed by atoms with Crippen molar-refractivity contribution in [1.29, 1.82) is 0 Å². The lowest BCUT2D eigenvalue weighted by Gasteiger charge is -2.03. The molecule has 6 heteroatoms. The van der Waals surface area contributed by atoms with Crippen molar-refractivity contribution < 1.29 is 9.53 Å². The molecule has 2 aromatic rings. The van der Waals surface area contributed by atoms with Gasteiger partial charge >= 0.3 is 0 Å². The zero-order chi connectivity index (χ0) is 13.1. The normalized spacial score (nSPS) is 12.6. The lowest BCUT2D eigenvalue weighted by atomic mass is 10.2. The number of nitrogens with two attached hydrogens (primary N) is 1. The van der Waals surface area contributed by atoms with Gasteiger partial charge in [0.1, 0.15) is 0 Å². The number of fused-ring (bicyclic) bond motifs is 1. The minimum atomic E-state index is -0.546. The summed E-state index contributed by atoms with van der Waals surface area (Å²) < 4.78 is 6.14. The van der Waals surface area contributed by atoms with Crippen LogP contribution in [0, 0.1) is 0 Å². The van der Waals surface area contributed by atoms with Crippen molar-refractivity contribution in [2.45, 2.75) is 19.6 Å². The van der Waals surface area contributed by atoms with Gasteiger partial charge in [-0.3, -0.25) is 4.79 Å². The monoisotopic (exact) mass is 265 g/mol. The first kappa shape index (κ1) is 12.9. The minimum absolute atomic E-state index is 0.234. The van der Waals surface area contributed by atoms with Gasteiger partial charge in [0.25, 0.3) is 0 Å². The highest BCUT2D eigenvalue weighted by atomic mass is 32.1. The Labute approximate surface area is 109 Å². The number of hydrogen-bond acceptors (Lipinski definition) is 5. The van der Waals surface area contributed by atoms with E-state index in [4.69, 9.17) is 10.5 Å². The summed E-state index contributed by atoms with van der Waals surface area (Å²) in [5, 5.41) is 3.27. The van der Waals surface area contributed by atoms with Crippen LogP contribution >= 0.6 is 11.3 Å². The van der Waals surface area contributed by atoms with Gasteiger partial charge in [-0.2, -0.15) is 0 Å². The Morgan fingerprint density at radius 1 is 1.61 bits per heavy atom. The Bertz CT molecular complexity index is 565. The van der Waals surface area contributed by atoms with Crippen molar-refractivity contribution >= 4 is 32.6 Å². The molecule has 0 aliphatic carbocycles. The summed E-state index contributed by atoms with van der Waals surface area (Å²) in [6.45, 7) is 2.14. The van der Waals surface area contributed by atoms with Crippen LogP contribution in [0.25, 0.3) is 10.2 Å². The molecule has 1 aromatic heterocycles. The van der Waals surface area contributed by atoms with E-state index in [9.17, 15) is 4.79 Å². The SMILES string of the molecule is COCc1cccc2sc(NC(=O)[C@@H](C)N)nc12. The van der Waals surface area contributed by atoms with Gasteiger partial charge in [0.2, 0.25) is 5.91 Å². The molecular weight excluding hydrogens is 250 g/mol. The van der Waals surface area contributed by atoms with E-state index in [1.165, 1.54) is 11.3 Å². The average molecular weight is 265 g/mol. The first-order valence-corrected chi connectivity index (χ1v) is 6.37. The number of thiazole rings is 1. The maximum absolute atomic E-state index is 11.5. The van der Waals surface area contributed by atoms with Gasteiger partial charge in [0.15, 0.2) is 5.13 Å². The van der Waals surface area contributed by atoms with Crippen LogP contribution in [0.15, 0.2) is 18.2 Å². The summed E-state index contributed by atoms with van der Waals surface area (Å²) in [6.07, 6.45) is 0. The van der Waals surface area contributed by atoms with Crippen LogP contribution < -0.4 is 11.1 Å². The third-order valence-corrected chi connectivity index (χ3v) is 3.38. The Kier molecular flexibility index (Phi) is 3.90. The maximum Gasteiger partial charge on any atom is 0.242 e. The molecule has 5 nitrogen and oxygen atoms in total. The van der Waals surface area contributed by atoms with Crippen LogP contribution in [0.3, 0.4) is 0 Å². The molecule has 0 fully saturated rings. The molecule has 1 aromatic carbocycles. The molecule has 1 atom stereocenters. The number of ether oxygens (including phenoxy) is 1. The van der Waals surface area contributed by atoms with E-state index in [0.29, 0.717) is 11.7 Å². The number of nitrogens with zero attached hydrogens (tertiary/aromatic N) is 1. The second-order valence-corrected chi connectivity index (χ2v) is 5.02. The fourth-order valence-corrected chi connectivity index (χ4v) is 2.47. The highest BCUT2D eigenvalue weighted by Gasteiger charge is 2.12. The van der Waals surface area contributed by atoms with Crippen molar-refractivity contribution in [3.63, 3.8) is 0 Å². The summed E-state index contributed by atoms with van der Waals surface area (Å²) in [7, 11) is 1.64. The number of rotatable bonds is 4. The third kappa shape index (κ3) is 2.66. The molecule has 1 amide bonds. The highest BCUT2D eigenvalue weighted by molar-refractivity contribution is 7.22. The number of hydrogen-bond donors (Lipinski definition) is 2. The van der Waals surface area contributed by atoms with Gasteiger partial charge in [0, 0.05) is 12.7 Å². The maximum atomic E-state index is 11.5. The molecule has 18 heavy (non-hydrogen) atoms. The van der Waals surface area contributed by atoms with Crippen molar-refractivity contribution in [3.8, 4) is 0 Å². The topological polar surface area (TPSA) is 77.2 Å². The Morgan fingerprint density at radius 2 is 2.39 bits per heavy atom. The molecule has 0 saturated carbocycles. The lowest BCUT2D eigenvalue weighted by molar-refractivity contribution is -0.117. The van der Waals surface area contributed by atoms with Crippen molar-refractivity contribution in [3.05, 3.63) is 23.8 Å². The molecule has 1 heterocycles. The van der Waals surface area contributed by atoms with E-state index >= 15 is 0 Å². The second-order valence-electron chi connectivity index (χ2n) is 3.99. The number of amides is 1. The van der Waals surface area contributed by atoms with Crippen molar-refractivity contribution in [2.24, 2.45) is 5.73 Å². The fraction of sp³-hybridized carbons (Fsp3) is 0.333. The van der Waals surface area contributed by atoms with E-state index in [0.717, 1.165) is 15.8 Å². The fourth-order valence-electron chi connectivity index (χ4n) is 1.55. The van der Waals surface area contributed by atoms with E-state index < -0.39 is 6.04 Å². The largest absolute Gasteiger partial charge is 0.380 e. The Balaban J connectivity index is 2.32. The summed E-state index contributed by atoms with van der Waals surface area (Å²) in [5.41, 5.74) is 7.37. The third-order valence-electron chi connectivity index (χ3n) is 2.45. The van der Waals surface area contributed by atoms with Crippen LogP contribution in [0.2, 0.25) is 0 Å². The van der Waals surface area contributed by atoms with E-state index in [-0.39, 0.29) is 5.91 Å². The number of para-hydroxylation sites is 1. The first-order valence-electron chi connectivity index (χ1n) is 5.55. The molecule has 0 saturated heterocycles. The molecule has 0 unspecified atom stereocenters. The van der Waals surface area contributed by atoms with E-state index in [1.807, 2.05) is 18.2 Å². The van der Waals surface area contributed by atoms with E-state index in [1.54, 1.807) is 14.0 Å². The van der Waals surface area contributed by atoms with E-state index in [2.05, 4.69) is 10.3 Å². The first-order chi connectivity index (χ1) is 8.61. The van der Waals surface area contributed by atoms with Crippen LogP contribution in [0.4, 0.5) is 5.13 Å². The van der Waals surface area contributed by atoms with Gasteiger partial charge < -0.3 is 15.8 Å². The quantitative estimate of drug-likeness (QED) is 0.882. The minimum Gasteiger partial charge on any atom is -0.380 e. The second kappa shape index (κ2) is 5.43. The smallest absolute Gasteiger partial charge is 0.242 e. The molecule has 0 aliphatic rings. The van der Waals surface area contributed by atoms with Gasteiger partial charge in [-0.25, -0.2) is 4.98 Å². The van der Waals surface area contributed by atoms with Crippen LogP contribution in [-0.2, 0) is 16.1 Å². The molecule has 0 radical (unpaired) electrons.